The number of hydrogen-bond acceptors (Lipinski definition) is 4. The van der Waals surface area contributed by atoms with E-state index in [4.69, 9.17) is 11.0 Å². The molecule has 0 spiro atoms. The second kappa shape index (κ2) is 6.01. The Morgan fingerprint density at radius 1 is 1.39 bits per heavy atom. The van der Waals surface area contributed by atoms with E-state index in [-0.39, 0.29) is 0 Å². The normalized spacial score (nSPS) is 20.2. The summed E-state index contributed by atoms with van der Waals surface area (Å²) in [5, 5.41) is 9.73. The number of anilines is 2. The molecule has 1 aliphatic heterocycles. The fraction of sp³-hybridized carbons (Fsp3) is 0.500. The molecule has 0 radical (unpaired) electrons. The highest BCUT2D eigenvalue weighted by Gasteiger charge is 2.18. The third kappa shape index (κ3) is 2.91. The van der Waals surface area contributed by atoms with Crippen LogP contribution in [0.15, 0.2) is 18.2 Å². The van der Waals surface area contributed by atoms with Gasteiger partial charge in [-0.25, -0.2) is 0 Å². The van der Waals surface area contributed by atoms with Gasteiger partial charge in [0.25, 0.3) is 0 Å². The molecule has 1 unspecified atom stereocenters. The van der Waals surface area contributed by atoms with E-state index >= 15 is 0 Å². The lowest BCUT2D eigenvalue weighted by atomic mass is 10.1. The van der Waals surface area contributed by atoms with E-state index in [0.717, 1.165) is 29.7 Å². The topological polar surface area (TPSA) is 53.0 Å². The van der Waals surface area contributed by atoms with Crippen LogP contribution in [0.3, 0.4) is 0 Å². The van der Waals surface area contributed by atoms with Gasteiger partial charge < -0.3 is 10.6 Å². The first-order valence-corrected chi connectivity index (χ1v) is 7.60. The Morgan fingerprint density at radius 2 is 2.22 bits per heavy atom. The largest absolute Gasteiger partial charge is 0.397 e. The predicted molar refractivity (Wildman–Crippen MR) is 78.9 cm³/mol. The van der Waals surface area contributed by atoms with Gasteiger partial charge in [-0.1, -0.05) is 0 Å². The highest BCUT2D eigenvalue weighted by Crippen LogP contribution is 2.29. The van der Waals surface area contributed by atoms with E-state index in [1.54, 1.807) is 6.07 Å². The average molecular weight is 261 g/mol. The highest BCUT2D eigenvalue weighted by atomic mass is 32.2. The molecule has 2 N–H and O–H groups in total. The number of benzene rings is 1. The van der Waals surface area contributed by atoms with E-state index in [2.05, 4.69) is 17.2 Å². The minimum atomic E-state index is 0.685. The van der Waals surface area contributed by atoms with Crippen LogP contribution in [0.2, 0.25) is 0 Å². The van der Waals surface area contributed by atoms with Crippen molar-refractivity contribution in [2.45, 2.75) is 24.5 Å². The molecule has 1 heterocycles. The van der Waals surface area contributed by atoms with E-state index in [1.807, 2.05) is 23.9 Å². The molecular formula is C14H19N3S. The molecule has 1 fully saturated rings. The fourth-order valence-corrected chi connectivity index (χ4v) is 3.17. The number of thioether (sulfide) groups is 1. The van der Waals surface area contributed by atoms with Crippen molar-refractivity contribution >= 4 is 23.1 Å². The van der Waals surface area contributed by atoms with Crippen LogP contribution >= 0.6 is 11.8 Å². The maximum absolute atomic E-state index is 8.97. The molecule has 0 aliphatic carbocycles. The van der Waals surface area contributed by atoms with Gasteiger partial charge in [0.1, 0.15) is 0 Å². The minimum absolute atomic E-state index is 0.685. The number of nitrogens with two attached hydrogens (primary N) is 1. The molecule has 0 saturated carbocycles. The van der Waals surface area contributed by atoms with Crippen LogP contribution < -0.4 is 10.6 Å². The van der Waals surface area contributed by atoms with Crippen molar-refractivity contribution in [3.05, 3.63) is 23.8 Å². The van der Waals surface area contributed by atoms with Gasteiger partial charge in [-0.15, -0.1) is 0 Å². The van der Waals surface area contributed by atoms with Gasteiger partial charge in [-0.2, -0.15) is 17.0 Å². The van der Waals surface area contributed by atoms with Crippen molar-refractivity contribution in [3.63, 3.8) is 0 Å². The van der Waals surface area contributed by atoms with Gasteiger partial charge >= 0.3 is 0 Å². The molecular weight excluding hydrogens is 242 g/mol. The van der Waals surface area contributed by atoms with Crippen LogP contribution in [0.4, 0.5) is 11.4 Å². The number of nitrogen functional groups attached to an aromatic ring is 1. The van der Waals surface area contributed by atoms with Crippen molar-refractivity contribution in [1.82, 2.24) is 0 Å². The molecule has 1 aliphatic rings. The summed E-state index contributed by atoms with van der Waals surface area (Å²) in [7, 11) is 0. The Bertz CT molecular complexity index is 453. The molecule has 0 bridgehead atoms. The molecule has 1 aromatic rings. The van der Waals surface area contributed by atoms with Crippen molar-refractivity contribution in [2.24, 2.45) is 0 Å². The van der Waals surface area contributed by atoms with Crippen molar-refractivity contribution < 1.29 is 0 Å². The first-order chi connectivity index (χ1) is 8.74. The Labute approximate surface area is 113 Å². The summed E-state index contributed by atoms with van der Waals surface area (Å²) >= 11 is 1.96. The van der Waals surface area contributed by atoms with Crippen LogP contribution in [0.1, 0.15) is 24.8 Å². The van der Waals surface area contributed by atoms with Gasteiger partial charge in [0.15, 0.2) is 0 Å². The lowest BCUT2D eigenvalue weighted by molar-refractivity contribution is 0.745. The molecule has 3 nitrogen and oxygen atoms in total. The third-order valence-electron chi connectivity index (χ3n) is 3.51. The Balaban J connectivity index is 2.18. The molecule has 18 heavy (non-hydrogen) atoms. The second-order valence-corrected chi connectivity index (χ2v) is 5.80. The van der Waals surface area contributed by atoms with E-state index < -0.39 is 0 Å². The van der Waals surface area contributed by atoms with Crippen LogP contribution in [0, 0.1) is 11.3 Å². The molecule has 1 aromatic carbocycles. The first kappa shape index (κ1) is 13.1. The molecule has 2 rings (SSSR count). The SMILES string of the molecule is CSC1CCCN(c2cc(C#N)ccc2N)CC1. The summed E-state index contributed by atoms with van der Waals surface area (Å²) in [5.74, 6) is 0. The summed E-state index contributed by atoms with van der Waals surface area (Å²) < 4.78 is 0. The van der Waals surface area contributed by atoms with Crippen LogP contribution in [0.5, 0.6) is 0 Å². The lowest BCUT2D eigenvalue weighted by Crippen LogP contribution is -2.25. The third-order valence-corrected chi connectivity index (χ3v) is 4.65. The standard InChI is InChI=1S/C14H19N3S/c1-18-12-3-2-7-17(8-6-12)14-9-11(10-15)4-5-13(14)16/h4-5,9,12H,2-3,6-8,16H2,1H3. The van der Waals surface area contributed by atoms with Crippen molar-refractivity contribution in [3.8, 4) is 6.07 Å². The number of nitriles is 1. The molecule has 1 atom stereocenters. The summed E-state index contributed by atoms with van der Waals surface area (Å²) in [6.45, 7) is 2.07. The lowest BCUT2D eigenvalue weighted by Gasteiger charge is -2.24. The van der Waals surface area contributed by atoms with Crippen LogP contribution in [-0.2, 0) is 0 Å². The Kier molecular flexibility index (Phi) is 4.38. The fourth-order valence-electron chi connectivity index (χ4n) is 2.43. The molecule has 0 amide bonds. The zero-order valence-corrected chi connectivity index (χ0v) is 11.5. The number of nitrogens with zero attached hydrogens (tertiary/aromatic N) is 2. The van der Waals surface area contributed by atoms with Gasteiger partial charge in [-0.3, -0.25) is 0 Å². The minimum Gasteiger partial charge on any atom is -0.397 e. The van der Waals surface area contributed by atoms with Gasteiger partial charge in [-0.05, 0) is 43.7 Å². The molecule has 96 valence electrons. The van der Waals surface area contributed by atoms with E-state index in [1.165, 1.54) is 19.3 Å². The number of rotatable bonds is 2. The highest BCUT2D eigenvalue weighted by molar-refractivity contribution is 7.99. The summed E-state index contributed by atoms with van der Waals surface area (Å²) in [4.78, 5) is 2.33. The summed E-state index contributed by atoms with van der Waals surface area (Å²) in [5.41, 5.74) is 8.52. The molecule has 0 aromatic heterocycles. The monoisotopic (exact) mass is 261 g/mol. The smallest absolute Gasteiger partial charge is 0.0992 e. The van der Waals surface area contributed by atoms with Gasteiger partial charge in [0.05, 0.1) is 23.0 Å². The quantitative estimate of drug-likeness (QED) is 0.832. The molecule has 4 heteroatoms. The predicted octanol–water partition coefficient (Wildman–Crippen LogP) is 2.86. The zero-order valence-electron chi connectivity index (χ0n) is 10.7. The average Bonchev–Trinajstić information content (AvgIpc) is 2.64. The maximum atomic E-state index is 8.97. The van der Waals surface area contributed by atoms with Crippen molar-refractivity contribution in [2.75, 3.05) is 30.0 Å². The summed E-state index contributed by atoms with van der Waals surface area (Å²) in [6.07, 6.45) is 5.85. The zero-order chi connectivity index (χ0) is 13.0. The van der Waals surface area contributed by atoms with Crippen molar-refractivity contribution in [1.29, 1.82) is 5.26 Å². The van der Waals surface area contributed by atoms with Gasteiger partial charge in [0, 0.05) is 18.3 Å². The second-order valence-electron chi connectivity index (χ2n) is 4.66. The Morgan fingerprint density at radius 3 is 2.94 bits per heavy atom. The molecule has 1 saturated heterocycles. The van der Waals surface area contributed by atoms with Gasteiger partial charge in [0.2, 0.25) is 0 Å². The first-order valence-electron chi connectivity index (χ1n) is 6.32. The maximum Gasteiger partial charge on any atom is 0.0992 e. The van der Waals surface area contributed by atoms with E-state index in [9.17, 15) is 0 Å². The Hall–Kier alpha value is -1.34. The van der Waals surface area contributed by atoms with Crippen LogP contribution in [0.25, 0.3) is 0 Å². The summed E-state index contributed by atoms with van der Waals surface area (Å²) in [6, 6.07) is 7.71. The number of hydrogen-bond donors (Lipinski definition) is 1. The van der Waals surface area contributed by atoms with E-state index in [0.29, 0.717) is 5.56 Å². The van der Waals surface area contributed by atoms with Crippen LogP contribution in [-0.4, -0.2) is 24.6 Å².